The topological polar surface area (TPSA) is 45.7 Å². The molecule has 1 amide bonds. The quantitative estimate of drug-likeness (QED) is 0.716. The van der Waals surface area contributed by atoms with Crippen LogP contribution in [0.25, 0.3) is 0 Å². The van der Waals surface area contributed by atoms with Crippen LogP contribution >= 0.6 is 11.3 Å². The fourth-order valence-corrected chi connectivity index (χ4v) is 4.45. The predicted molar refractivity (Wildman–Crippen MR) is 111 cm³/mol. The minimum Gasteiger partial charge on any atom is -0.492 e. The van der Waals surface area contributed by atoms with Crippen LogP contribution in [0.15, 0.2) is 24.3 Å². The molecule has 1 saturated heterocycles. The van der Waals surface area contributed by atoms with Gasteiger partial charge < -0.3 is 14.5 Å². The van der Waals surface area contributed by atoms with Gasteiger partial charge >= 0.3 is 0 Å². The highest BCUT2D eigenvalue weighted by molar-refractivity contribution is 7.13. The lowest BCUT2D eigenvalue weighted by molar-refractivity contribution is 0.0750. The molecule has 6 heteroatoms. The maximum absolute atomic E-state index is 13.0. The number of aryl methyl sites for hydroxylation is 2. The molecule has 0 saturated carbocycles. The van der Waals surface area contributed by atoms with Gasteiger partial charge in [0, 0.05) is 26.2 Å². The Morgan fingerprint density at radius 3 is 2.63 bits per heavy atom. The summed E-state index contributed by atoms with van der Waals surface area (Å²) in [5, 5.41) is 1.09. The van der Waals surface area contributed by atoms with Gasteiger partial charge in [-0.15, -0.1) is 11.3 Å². The zero-order chi connectivity index (χ0) is 19.2. The Morgan fingerprint density at radius 1 is 1.19 bits per heavy atom. The fraction of sp³-hybridized carbons (Fsp3) is 0.524. The highest BCUT2D eigenvalue weighted by Gasteiger charge is 2.26. The third kappa shape index (κ3) is 4.61. The number of hydrogen-bond donors (Lipinski definition) is 0. The summed E-state index contributed by atoms with van der Waals surface area (Å²) < 4.78 is 5.76. The average Bonchev–Trinajstić information content (AvgIpc) is 3.07. The molecular formula is C21H29N3O2S. The zero-order valence-electron chi connectivity index (χ0n) is 16.5. The summed E-state index contributed by atoms with van der Waals surface area (Å²) in [4.78, 5) is 22.7. The molecule has 0 aliphatic carbocycles. The monoisotopic (exact) mass is 387 g/mol. The lowest BCUT2D eigenvalue weighted by Gasteiger charge is -2.36. The van der Waals surface area contributed by atoms with E-state index < -0.39 is 0 Å². The van der Waals surface area contributed by atoms with E-state index in [0.717, 1.165) is 72.5 Å². The van der Waals surface area contributed by atoms with Crippen molar-refractivity contribution < 1.29 is 9.53 Å². The van der Waals surface area contributed by atoms with Crippen LogP contribution in [0.3, 0.4) is 0 Å². The minimum absolute atomic E-state index is 0.130. The molecule has 0 bridgehead atoms. The first-order valence-corrected chi connectivity index (χ1v) is 10.7. The van der Waals surface area contributed by atoms with Crippen LogP contribution in [0, 0.1) is 6.92 Å². The Kier molecular flexibility index (Phi) is 6.72. The number of carbonyl (C=O) groups is 1. The Hall–Kier alpha value is -2.08. The third-order valence-corrected chi connectivity index (χ3v) is 6.06. The maximum Gasteiger partial charge on any atom is 0.265 e. The number of anilines is 1. The van der Waals surface area contributed by atoms with E-state index in [-0.39, 0.29) is 5.91 Å². The van der Waals surface area contributed by atoms with Gasteiger partial charge in [0.25, 0.3) is 5.91 Å². The molecule has 1 aliphatic heterocycles. The number of para-hydroxylation sites is 2. The molecule has 3 rings (SSSR count). The summed E-state index contributed by atoms with van der Waals surface area (Å²) in [6.07, 6.45) is 3.24. The molecule has 0 radical (unpaired) electrons. The number of amides is 1. The van der Waals surface area contributed by atoms with Gasteiger partial charge in [-0.3, -0.25) is 4.79 Å². The summed E-state index contributed by atoms with van der Waals surface area (Å²) >= 11 is 1.57. The van der Waals surface area contributed by atoms with Gasteiger partial charge in [0.15, 0.2) is 0 Å². The molecule has 0 atom stereocenters. The molecule has 1 fully saturated rings. The molecule has 0 spiro atoms. The van der Waals surface area contributed by atoms with Crippen LogP contribution in [0.5, 0.6) is 5.75 Å². The minimum atomic E-state index is 0.130. The van der Waals surface area contributed by atoms with E-state index in [4.69, 9.17) is 4.74 Å². The van der Waals surface area contributed by atoms with E-state index in [9.17, 15) is 4.79 Å². The van der Waals surface area contributed by atoms with Crippen molar-refractivity contribution in [2.75, 3.05) is 37.7 Å². The molecule has 1 aromatic heterocycles. The molecule has 2 heterocycles. The number of aromatic nitrogens is 1. The largest absolute Gasteiger partial charge is 0.492 e. The van der Waals surface area contributed by atoms with E-state index in [1.807, 2.05) is 36.9 Å². The van der Waals surface area contributed by atoms with Crippen molar-refractivity contribution in [3.8, 4) is 5.75 Å². The maximum atomic E-state index is 13.0. The molecule has 0 unspecified atom stereocenters. The van der Waals surface area contributed by atoms with Gasteiger partial charge in [0.2, 0.25) is 0 Å². The van der Waals surface area contributed by atoms with Crippen molar-refractivity contribution in [2.24, 2.45) is 0 Å². The molecule has 0 N–H and O–H groups in total. The Labute approximate surface area is 166 Å². The number of nitrogens with zero attached hydrogens (tertiary/aromatic N) is 3. The molecule has 1 aliphatic rings. The number of benzene rings is 1. The fourth-order valence-electron chi connectivity index (χ4n) is 3.38. The SMILES string of the molecule is CCCCc1nc(C)c(C(=O)N2CCN(c3ccccc3OCC)CC2)s1. The summed E-state index contributed by atoms with van der Waals surface area (Å²) in [5.74, 6) is 1.05. The first kappa shape index (κ1) is 19.7. The van der Waals surface area contributed by atoms with Crippen LogP contribution < -0.4 is 9.64 Å². The second kappa shape index (κ2) is 9.22. The van der Waals surface area contributed by atoms with Gasteiger partial charge in [-0.05, 0) is 38.8 Å². The summed E-state index contributed by atoms with van der Waals surface area (Å²) in [5.41, 5.74) is 1.99. The van der Waals surface area contributed by atoms with E-state index in [0.29, 0.717) is 6.61 Å². The highest BCUT2D eigenvalue weighted by Crippen LogP contribution is 2.29. The van der Waals surface area contributed by atoms with Crippen molar-refractivity contribution in [3.63, 3.8) is 0 Å². The van der Waals surface area contributed by atoms with E-state index >= 15 is 0 Å². The third-order valence-electron chi connectivity index (χ3n) is 4.85. The highest BCUT2D eigenvalue weighted by atomic mass is 32.1. The first-order valence-electron chi connectivity index (χ1n) is 9.86. The van der Waals surface area contributed by atoms with E-state index in [1.165, 1.54) is 0 Å². The second-order valence-corrected chi connectivity index (χ2v) is 7.89. The number of ether oxygens (including phenoxy) is 1. The van der Waals surface area contributed by atoms with Crippen LogP contribution in [-0.4, -0.2) is 48.6 Å². The molecule has 146 valence electrons. The van der Waals surface area contributed by atoms with Crippen LogP contribution in [-0.2, 0) is 6.42 Å². The van der Waals surface area contributed by atoms with Crippen molar-refractivity contribution in [1.29, 1.82) is 0 Å². The summed E-state index contributed by atoms with van der Waals surface area (Å²) in [6, 6.07) is 8.13. The molecule has 5 nitrogen and oxygen atoms in total. The normalized spacial score (nSPS) is 14.5. The first-order chi connectivity index (χ1) is 13.1. The number of thiazole rings is 1. The standard InChI is InChI=1S/C21H29N3O2S/c1-4-6-11-19-22-16(3)20(27-19)21(25)24-14-12-23(13-15-24)17-9-7-8-10-18(17)26-5-2/h7-10H,4-6,11-15H2,1-3H3. The van der Waals surface area contributed by atoms with Crippen LogP contribution in [0.2, 0.25) is 0 Å². The Bertz CT molecular complexity index is 767. The molecular weight excluding hydrogens is 358 g/mol. The number of piperazine rings is 1. The van der Waals surface area contributed by atoms with Gasteiger partial charge in [0.1, 0.15) is 10.6 Å². The Morgan fingerprint density at radius 2 is 1.93 bits per heavy atom. The second-order valence-electron chi connectivity index (χ2n) is 6.81. The Balaban J connectivity index is 1.64. The average molecular weight is 388 g/mol. The number of unbranched alkanes of at least 4 members (excludes halogenated alkanes) is 1. The molecule has 2 aromatic rings. The van der Waals surface area contributed by atoms with Crippen molar-refractivity contribution >= 4 is 22.9 Å². The van der Waals surface area contributed by atoms with Crippen molar-refractivity contribution in [3.05, 3.63) is 39.8 Å². The summed E-state index contributed by atoms with van der Waals surface area (Å²) in [7, 11) is 0. The van der Waals surface area contributed by atoms with Crippen LogP contribution in [0.4, 0.5) is 5.69 Å². The van der Waals surface area contributed by atoms with Gasteiger partial charge in [-0.2, -0.15) is 0 Å². The van der Waals surface area contributed by atoms with E-state index in [1.54, 1.807) is 11.3 Å². The smallest absolute Gasteiger partial charge is 0.265 e. The lowest BCUT2D eigenvalue weighted by atomic mass is 10.2. The summed E-state index contributed by atoms with van der Waals surface area (Å²) in [6.45, 7) is 9.86. The molecule has 1 aromatic carbocycles. The lowest BCUT2D eigenvalue weighted by Crippen LogP contribution is -2.48. The van der Waals surface area contributed by atoms with Crippen LogP contribution in [0.1, 0.15) is 47.1 Å². The molecule has 27 heavy (non-hydrogen) atoms. The predicted octanol–water partition coefficient (Wildman–Crippen LogP) is 4.16. The van der Waals surface area contributed by atoms with Gasteiger partial charge in [-0.25, -0.2) is 4.98 Å². The van der Waals surface area contributed by atoms with Gasteiger partial charge in [0.05, 0.1) is 23.0 Å². The van der Waals surface area contributed by atoms with Crippen molar-refractivity contribution in [2.45, 2.75) is 40.0 Å². The number of hydrogen-bond acceptors (Lipinski definition) is 5. The number of carbonyl (C=O) groups excluding carboxylic acids is 1. The van der Waals surface area contributed by atoms with Gasteiger partial charge in [-0.1, -0.05) is 25.5 Å². The van der Waals surface area contributed by atoms with E-state index in [2.05, 4.69) is 22.9 Å². The number of rotatable bonds is 7. The zero-order valence-corrected chi connectivity index (χ0v) is 17.3. The van der Waals surface area contributed by atoms with Crippen molar-refractivity contribution in [1.82, 2.24) is 9.88 Å².